The van der Waals surface area contributed by atoms with Gasteiger partial charge in [-0.3, -0.25) is 0 Å². The first-order valence-corrected chi connectivity index (χ1v) is 17.6. The van der Waals surface area contributed by atoms with E-state index in [0.717, 1.165) is 21.9 Å². The molecule has 0 saturated heterocycles. The second kappa shape index (κ2) is 10.9. The Labute approximate surface area is 294 Å². The van der Waals surface area contributed by atoms with Crippen molar-refractivity contribution in [3.63, 3.8) is 0 Å². The van der Waals surface area contributed by atoms with Gasteiger partial charge in [0.15, 0.2) is 0 Å². The fourth-order valence-corrected chi connectivity index (χ4v) is 8.20. The third-order valence-electron chi connectivity index (χ3n) is 10.8. The van der Waals surface area contributed by atoms with Gasteiger partial charge in [-0.2, -0.15) is 0 Å². The highest BCUT2D eigenvalue weighted by Crippen LogP contribution is 2.39. The van der Waals surface area contributed by atoms with Gasteiger partial charge in [0.2, 0.25) is 0 Å². The van der Waals surface area contributed by atoms with Crippen LogP contribution in [0.15, 0.2) is 186 Å². The quantitative estimate of drug-likeness (QED) is 0.174. The molecule has 10 aromatic carbocycles. The molecule has 0 aliphatic rings. The Morgan fingerprint density at radius 1 is 0.216 bits per heavy atom. The summed E-state index contributed by atoms with van der Waals surface area (Å²) >= 11 is 0. The number of furan rings is 1. The molecule has 1 nitrogen and oxygen atoms in total. The maximum Gasteiger partial charge on any atom is 0.135 e. The summed E-state index contributed by atoms with van der Waals surface area (Å²) < 4.78 is 6.30. The number of benzene rings is 10. The van der Waals surface area contributed by atoms with Crippen LogP contribution >= 0.6 is 0 Å². The molecule has 1 aromatic heterocycles. The molecular weight excluding hydrogens is 617 g/mol. The van der Waals surface area contributed by atoms with E-state index in [-0.39, 0.29) is 0 Å². The van der Waals surface area contributed by atoms with Crippen molar-refractivity contribution in [1.29, 1.82) is 0 Å². The summed E-state index contributed by atoms with van der Waals surface area (Å²) in [6, 6.07) is 66.5. The van der Waals surface area contributed by atoms with E-state index in [9.17, 15) is 0 Å². The summed E-state index contributed by atoms with van der Waals surface area (Å²) in [5.74, 6) is 0. The van der Waals surface area contributed by atoms with E-state index in [4.69, 9.17) is 4.42 Å². The van der Waals surface area contributed by atoms with E-state index < -0.39 is 0 Å². The van der Waals surface area contributed by atoms with E-state index in [0.29, 0.717) is 0 Å². The molecule has 0 spiro atoms. The molecule has 0 bridgehead atoms. The molecule has 0 amide bonds. The zero-order chi connectivity index (χ0) is 33.5. The highest BCUT2D eigenvalue weighted by Gasteiger charge is 2.13. The number of hydrogen-bond donors (Lipinski definition) is 0. The van der Waals surface area contributed by atoms with Gasteiger partial charge in [-0.25, -0.2) is 0 Å². The first-order valence-electron chi connectivity index (χ1n) is 17.6. The number of hydrogen-bond acceptors (Lipinski definition) is 1. The van der Waals surface area contributed by atoms with Crippen molar-refractivity contribution in [2.45, 2.75) is 0 Å². The van der Waals surface area contributed by atoms with Crippen molar-refractivity contribution in [2.75, 3.05) is 0 Å². The molecule has 1 heteroatoms. The third kappa shape index (κ3) is 4.49. The standard InChI is InChI=1S/C50H30O/c1-2-8-32-25-35(14-13-31(32)7-1)39-20-23-49-47(29-39)48-30-40(21-24-50(48)51-49)37-18-16-33-26-36(17-15-34(33)27-37)38-19-22-45-43-11-4-3-9-41(43)42-10-5-6-12-44(42)46(45)28-38/h1-30H. The van der Waals surface area contributed by atoms with Gasteiger partial charge in [0.05, 0.1) is 0 Å². The summed E-state index contributed by atoms with van der Waals surface area (Å²) in [5.41, 5.74) is 9.05. The average Bonchev–Trinajstić information content (AvgIpc) is 3.57. The van der Waals surface area contributed by atoms with Gasteiger partial charge in [0.1, 0.15) is 11.2 Å². The Bertz CT molecular complexity index is 3160. The lowest BCUT2D eigenvalue weighted by atomic mass is 9.91. The van der Waals surface area contributed by atoms with Gasteiger partial charge in [-0.1, -0.05) is 133 Å². The fraction of sp³-hybridized carbons (Fsp3) is 0. The van der Waals surface area contributed by atoms with Crippen LogP contribution in [-0.2, 0) is 0 Å². The molecule has 236 valence electrons. The average molecular weight is 647 g/mol. The molecule has 0 aliphatic carbocycles. The molecular formula is C50H30O. The van der Waals surface area contributed by atoms with Gasteiger partial charge in [-0.15, -0.1) is 0 Å². The van der Waals surface area contributed by atoms with Gasteiger partial charge in [0, 0.05) is 10.8 Å². The lowest BCUT2D eigenvalue weighted by Crippen LogP contribution is -1.85. The summed E-state index contributed by atoms with van der Waals surface area (Å²) in [6.07, 6.45) is 0. The molecule has 11 aromatic rings. The van der Waals surface area contributed by atoms with Crippen molar-refractivity contribution < 1.29 is 4.42 Å². The van der Waals surface area contributed by atoms with Crippen molar-refractivity contribution in [3.05, 3.63) is 182 Å². The maximum absolute atomic E-state index is 6.30. The van der Waals surface area contributed by atoms with Crippen LogP contribution in [0.25, 0.3) is 109 Å². The topological polar surface area (TPSA) is 13.1 Å². The molecule has 0 radical (unpaired) electrons. The van der Waals surface area contributed by atoms with Crippen LogP contribution in [0.4, 0.5) is 0 Å². The second-order valence-corrected chi connectivity index (χ2v) is 13.7. The Balaban J connectivity index is 0.973. The van der Waals surface area contributed by atoms with Crippen molar-refractivity contribution in [3.8, 4) is 33.4 Å². The van der Waals surface area contributed by atoms with E-state index in [1.165, 1.54) is 87.2 Å². The second-order valence-electron chi connectivity index (χ2n) is 13.7. The Morgan fingerprint density at radius 3 is 1.08 bits per heavy atom. The predicted molar refractivity (Wildman–Crippen MR) is 218 cm³/mol. The minimum absolute atomic E-state index is 0.908. The first kappa shape index (κ1) is 28.2. The smallest absolute Gasteiger partial charge is 0.135 e. The monoisotopic (exact) mass is 646 g/mol. The van der Waals surface area contributed by atoms with Crippen LogP contribution in [0.5, 0.6) is 0 Å². The van der Waals surface area contributed by atoms with Gasteiger partial charge >= 0.3 is 0 Å². The molecule has 0 aliphatic heterocycles. The summed E-state index contributed by atoms with van der Waals surface area (Å²) in [4.78, 5) is 0. The minimum atomic E-state index is 0.908. The van der Waals surface area contributed by atoms with E-state index in [1.807, 2.05) is 0 Å². The van der Waals surface area contributed by atoms with Crippen LogP contribution in [0.1, 0.15) is 0 Å². The lowest BCUT2D eigenvalue weighted by Gasteiger charge is -2.12. The number of fused-ring (bicyclic) bond motifs is 11. The van der Waals surface area contributed by atoms with Crippen LogP contribution in [0.2, 0.25) is 0 Å². The SMILES string of the molecule is c1ccc2cc(-c3ccc4oc5ccc(-c6ccc7cc(-c8ccc9c%10ccccc%10c%10ccccc%10c9c8)ccc7c6)cc5c4c3)ccc2c1. The van der Waals surface area contributed by atoms with Crippen molar-refractivity contribution in [2.24, 2.45) is 0 Å². The zero-order valence-electron chi connectivity index (χ0n) is 27.7. The van der Waals surface area contributed by atoms with E-state index in [1.54, 1.807) is 0 Å². The molecule has 0 atom stereocenters. The zero-order valence-corrected chi connectivity index (χ0v) is 27.7. The van der Waals surface area contributed by atoms with Crippen LogP contribution in [-0.4, -0.2) is 0 Å². The van der Waals surface area contributed by atoms with Crippen LogP contribution in [0.3, 0.4) is 0 Å². The highest BCUT2D eigenvalue weighted by molar-refractivity contribution is 6.25. The molecule has 51 heavy (non-hydrogen) atoms. The molecule has 0 N–H and O–H groups in total. The molecule has 1 heterocycles. The van der Waals surface area contributed by atoms with E-state index in [2.05, 4.69) is 182 Å². The highest BCUT2D eigenvalue weighted by atomic mass is 16.3. The predicted octanol–water partition coefficient (Wildman–Crippen LogP) is 14.4. The van der Waals surface area contributed by atoms with Gasteiger partial charge in [0.25, 0.3) is 0 Å². The molecule has 0 fully saturated rings. The Kier molecular flexibility index (Phi) is 6.02. The van der Waals surface area contributed by atoms with Crippen molar-refractivity contribution in [1.82, 2.24) is 0 Å². The van der Waals surface area contributed by atoms with Crippen LogP contribution in [0, 0.1) is 0 Å². The Hall–Kier alpha value is -6.70. The molecule has 11 rings (SSSR count). The molecule has 0 saturated carbocycles. The van der Waals surface area contributed by atoms with Gasteiger partial charge < -0.3 is 4.42 Å². The Morgan fingerprint density at radius 2 is 0.549 bits per heavy atom. The maximum atomic E-state index is 6.30. The van der Waals surface area contributed by atoms with Gasteiger partial charge in [-0.05, 0) is 136 Å². The fourth-order valence-electron chi connectivity index (χ4n) is 8.20. The first-order chi connectivity index (χ1) is 25.2. The summed E-state index contributed by atoms with van der Waals surface area (Å²) in [7, 11) is 0. The number of rotatable bonds is 3. The lowest BCUT2D eigenvalue weighted by molar-refractivity contribution is 0.669. The summed E-state index contributed by atoms with van der Waals surface area (Å²) in [6.45, 7) is 0. The summed E-state index contributed by atoms with van der Waals surface area (Å²) in [5, 5.41) is 15.0. The third-order valence-corrected chi connectivity index (χ3v) is 10.8. The largest absolute Gasteiger partial charge is 0.456 e. The van der Waals surface area contributed by atoms with Crippen molar-refractivity contribution >= 4 is 75.8 Å². The normalized spacial score (nSPS) is 11.9. The minimum Gasteiger partial charge on any atom is -0.456 e. The van der Waals surface area contributed by atoms with Crippen LogP contribution < -0.4 is 0 Å². The van der Waals surface area contributed by atoms with E-state index >= 15 is 0 Å². The molecule has 0 unspecified atom stereocenters.